The molecule has 0 aliphatic carbocycles. The molecular weight excluding hydrogens is 268 g/mol. The highest BCUT2D eigenvalue weighted by Gasteiger charge is 2.15. The largest absolute Gasteiger partial charge is 0.468 e. The summed E-state index contributed by atoms with van der Waals surface area (Å²) in [5.41, 5.74) is 3.03. The third-order valence-corrected chi connectivity index (χ3v) is 3.40. The molecule has 1 rings (SSSR count). The van der Waals surface area contributed by atoms with E-state index in [1.54, 1.807) is 4.90 Å². The Hall–Kier alpha value is -1.88. The van der Waals surface area contributed by atoms with E-state index in [4.69, 9.17) is 0 Å². The van der Waals surface area contributed by atoms with Gasteiger partial charge >= 0.3 is 5.97 Å². The fraction of sp³-hybridized carbons (Fsp3) is 0.500. The zero-order valence-electron chi connectivity index (χ0n) is 13.2. The van der Waals surface area contributed by atoms with Gasteiger partial charge in [0.2, 0.25) is 5.91 Å². The molecule has 1 amide bonds. The molecule has 0 unspecified atom stereocenters. The number of hydrogen-bond donors (Lipinski definition) is 1. The van der Waals surface area contributed by atoms with Crippen molar-refractivity contribution in [3.05, 3.63) is 29.3 Å². The number of ether oxygens (including phenoxy) is 1. The number of benzene rings is 1. The first-order chi connectivity index (χ1) is 10.0. The molecule has 0 saturated heterocycles. The molecule has 0 aromatic heterocycles. The van der Waals surface area contributed by atoms with Crippen LogP contribution in [-0.2, 0) is 20.7 Å². The molecule has 1 aromatic carbocycles. The number of methoxy groups -OCH3 is 1. The zero-order chi connectivity index (χ0) is 15.8. The summed E-state index contributed by atoms with van der Waals surface area (Å²) in [5.74, 6) is -0.459. The van der Waals surface area contributed by atoms with Crippen LogP contribution < -0.4 is 5.32 Å². The second-order valence-electron chi connectivity index (χ2n) is 4.89. The predicted molar refractivity (Wildman–Crippen MR) is 83.3 cm³/mol. The summed E-state index contributed by atoms with van der Waals surface area (Å²) in [6.45, 7) is 6.83. The van der Waals surface area contributed by atoms with Gasteiger partial charge in [-0.3, -0.25) is 14.5 Å². The van der Waals surface area contributed by atoms with Gasteiger partial charge in [0.05, 0.1) is 20.2 Å². The van der Waals surface area contributed by atoms with Crippen LogP contribution in [0.5, 0.6) is 0 Å². The summed E-state index contributed by atoms with van der Waals surface area (Å²) in [6, 6.07) is 5.97. The lowest BCUT2D eigenvalue weighted by Gasteiger charge is -2.19. The molecule has 0 fully saturated rings. The smallest absolute Gasteiger partial charge is 0.319 e. The second kappa shape index (κ2) is 8.42. The van der Waals surface area contributed by atoms with Gasteiger partial charge in [0.25, 0.3) is 0 Å². The van der Waals surface area contributed by atoms with Crippen LogP contribution in [0.15, 0.2) is 18.2 Å². The molecule has 0 saturated carbocycles. The van der Waals surface area contributed by atoms with Crippen LogP contribution in [0.1, 0.15) is 25.0 Å². The van der Waals surface area contributed by atoms with Crippen molar-refractivity contribution in [2.45, 2.75) is 27.2 Å². The van der Waals surface area contributed by atoms with Crippen molar-refractivity contribution >= 4 is 17.6 Å². The van der Waals surface area contributed by atoms with Crippen molar-refractivity contribution in [1.82, 2.24) is 4.90 Å². The molecule has 0 atom stereocenters. The Bertz CT molecular complexity index is 500. The Morgan fingerprint density at radius 1 is 1.24 bits per heavy atom. The summed E-state index contributed by atoms with van der Waals surface area (Å²) in [6.07, 6.45) is 0.858. The van der Waals surface area contributed by atoms with E-state index in [9.17, 15) is 9.59 Å². The predicted octanol–water partition coefficient (Wildman–Crippen LogP) is 1.99. The minimum absolute atomic E-state index is 0.120. The number of likely N-dealkylation sites (N-methyl/N-ethyl adjacent to an activating group) is 1. The molecule has 0 aliphatic heterocycles. The monoisotopic (exact) mass is 292 g/mol. The van der Waals surface area contributed by atoms with E-state index in [-0.39, 0.29) is 25.0 Å². The van der Waals surface area contributed by atoms with E-state index < -0.39 is 0 Å². The minimum atomic E-state index is -0.338. The molecule has 1 N–H and O–H groups in total. The maximum atomic E-state index is 12.2. The Morgan fingerprint density at radius 2 is 1.95 bits per heavy atom. The van der Waals surface area contributed by atoms with Gasteiger partial charge in [0.15, 0.2) is 0 Å². The quantitative estimate of drug-likeness (QED) is 0.781. The molecule has 21 heavy (non-hydrogen) atoms. The van der Waals surface area contributed by atoms with Crippen molar-refractivity contribution < 1.29 is 14.3 Å². The van der Waals surface area contributed by atoms with Crippen LogP contribution in [0.4, 0.5) is 5.69 Å². The van der Waals surface area contributed by atoms with Crippen molar-refractivity contribution in [3.8, 4) is 0 Å². The lowest BCUT2D eigenvalue weighted by molar-refractivity contribution is -0.142. The number of hydrogen-bond acceptors (Lipinski definition) is 4. The van der Waals surface area contributed by atoms with Gasteiger partial charge in [0, 0.05) is 5.69 Å². The van der Waals surface area contributed by atoms with E-state index in [0.29, 0.717) is 6.54 Å². The third kappa shape index (κ3) is 5.19. The molecule has 0 heterocycles. The first-order valence-corrected chi connectivity index (χ1v) is 7.19. The summed E-state index contributed by atoms with van der Waals surface area (Å²) in [5, 5.41) is 2.95. The fourth-order valence-electron chi connectivity index (χ4n) is 2.11. The van der Waals surface area contributed by atoms with Gasteiger partial charge in [-0.1, -0.05) is 32.0 Å². The Morgan fingerprint density at radius 3 is 2.52 bits per heavy atom. The first kappa shape index (κ1) is 17.2. The highest BCUT2D eigenvalue weighted by Crippen LogP contribution is 2.20. The topological polar surface area (TPSA) is 58.6 Å². The van der Waals surface area contributed by atoms with Gasteiger partial charge in [-0.25, -0.2) is 0 Å². The van der Waals surface area contributed by atoms with Gasteiger partial charge in [-0.2, -0.15) is 0 Å². The van der Waals surface area contributed by atoms with E-state index in [1.165, 1.54) is 7.11 Å². The summed E-state index contributed by atoms with van der Waals surface area (Å²) >= 11 is 0. The number of carbonyl (C=O) groups excluding carboxylic acids is 2. The number of rotatable bonds is 7. The van der Waals surface area contributed by atoms with Crippen molar-refractivity contribution in [3.63, 3.8) is 0 Å². The molecule has 5 nitrogen and oxygen atoms in total. The highest BCUT2D eigenvalue weighted by molar-refractivity contribution is 5.94. The van der Waals surface area contributed by atoms with E-state index >= 15 is 0 Å². The van der Waals surface area contributed by atoms with E-state index in [2.05, 4.69) is 17.0 Å². The van der Waals surface area contributed by atoms with Crippen LogP contribution in [0, 0.1) is 6.92 Å². The normalized spacial score (nSPS) is 10.5. The van der Waals surface area contributed by atoms with Gasteiger partial charge in [-0.15, -0.1) is 0 Å². The highest BCUT2D eigenvalue weighted by atomic mass is 16.5. The average Bonchev–Trinajstić information content (AvgIpc) is 2.48. The number of carbonyl (C=O) groups is 2. The standard InChI is InChI=1S/C16H24N2O3/c1-5-13-9-7-8-12(3)16(13)17-14(19)10-18(6-2)11-15(20)21-4/h7-9H,5-6,10-11H2,1-4H3,(H,17,19). The number of nitrogens with zero attached hydrogens (tertiary/aromatic N) is 1. The van der Waals surface area contributed by atoms with Crippen molar-refractivity contribution in [2.75, 3.05) is 32.1 Å². The minimum Gasteiger partial charge on any atom is -0.468 e. The molecule has 1 aromatic rings. The number of aryl methyl sites for hydroxylation is 2. The van der Waals surface area contributed by atoms with Crippen LogP contribution in [0.3, 0.4) is 0 Å². The number of para-hydroxylation sites is 1. The van der Waals surface area contributed by atoms with Gasteiger partial charge in [0.1, 0.15) is 0 Å². The van der Waals surface area contributed by atoms with E-state index in [1.807, 2.05) is 32.0 Å². The molecule has 0 bridgehead atoms. The number of esters is 1. The SMILES string of the molecule is CCc1cccc(C)c1NC(=O)CN(CC)CC(=O)OC. The van der Waals surface area contributed by atoms with Crippen LogP contribution in [0.2, 0.25) is 0 Å². The van der Waals surface area contributed by atoms with Crippen molar-refractivity contribution in [2.24, 2.45) is 0 Å². The summed E-state index contributed by atoms with van der Waals surface area (Å²) in [4.78, 5) is 25.2. The van der Waals surface area contributed by atoms with Crippen LogP contribution in [0.25, 0.3) is 0 Å². The van der Waals surface area contributed by atoms with Crippen LogP contribution >= 0.6 is 0 Å². The van der Waals surface area contributed by atoms with Gasteiger partial charge in [-0.05, 0) is 31.0 Å². The van der Waals surface area contributed by atoms with Crippen LogP contribution in [-0.4, -0.2) is 43.5 Å². The summed E-state index contributed by atoms with van der Waals surface area (Å²) in [7, 11) is 1.34. The molecule has 116 valence electrons. The maximum absolute atomic E-state index is 12.2. The molecular formula is C16H24N2O3. The average molecular weight is 292 g/mol. The third-order valence-electron chi connectivity index (χ3n) is 3.40. The number of anilines is 1. The Kier molecular flexibility index (Phi) is 6.88. The van der Waals surface area contributed by atoms with Crippen molar-refractivity contribution in [1.29, 1.82) is 0 Å². The fourth-order valence-corrected chi connectivity index (χ4v) is 2.11. The number of nitrogens with one attached hydrogen (secondary N) is 1. The lowest BCUT2D eigenvalue weighted by atomic mass is 10.1. The first-order valence-electron chi connectivity index (χ1n) is 7.19. The summed E-state index contributed by atoms with van der Waals surface area (Å²) < 4.78 is 4.63. The maximum Gasteiger partial charge on any atom is 0.319 e. The molecule has 0 radical (unpaired) electrons. The Balaban J connectivity index is 2.71. The van der Waals surface area contributed by atoms with E-state index in [0.717, 1.165) is 23.2 Å². The molecule has 0 aliphatic rings. The zero-order valence-corrected chi connectivity index (χ0v) is 13.2. The Labute approximate surface area is 126 Å². The lowest BCUT2D eigenvalue weighted by Crippen LogP contribution is -2.37. The second-order valence-corrected chi connectivity index (χ2v) is 4.89. The number of amides is 1. The van der Waals surface area contributed by atoms with Gasteiger partial charge < -0.3 is 10.1 Å². The molecule has 5 heteroatoms. The molecule has 0 spiro atoms.